The van der Waals surface area contributed by atoms with Crippen LogP contribution in [0.15, 0.2) is 18.2 Å². The topological polar surface area (TPSA) is 79.7 Å². The molecule has 0 unspecified atom stereocenters. The first-order chi connectivity index (χ1) is 11.9. The number of aliphatic carboxylic acids is 1. The van der Waals surface area contributed by atoms with Crippen molar-refractivity contribution in [1.29, 1.82) is 0 Å². The van der Waals surface area contributed by atoms with E-state index in [1.165, 1.54) is 0 Å². The average Bonchev–Trinajstić information content (AvgIpc) is 2.97. The molecule has 0 aromatic carbocycles. The summed E-state index contributed by atoms with van der Waals surface area (Å²) in [5.74, 6) is -7.33. The van der Waals surface area contributed by atoms with Gasteiger partial charge in [0.1, 0.15) is 5.69 Å². The molecule has 12 heteroatoms. The van der Waals surface area contributed by atoms with Crippen LogP contribution in [0.4, 0.5) is 26.3 Å². The molecule has 2 heterocycles. The highest BCUT2D eigenvalue weighted by molar-refractivity contribution is 5.93. The van der Waals surface area contributed by atoms with Crippen LogP contribution in [0.25, 0.3) is 0 Å². The number of ether oxygens (including phenoxy) is 1. The Morgan fingerprint density at radius 2 is 1.85 bits per heavy atom. The number of hydrogen-bond acceptors (Lipinski definition) is 4. The lowest BCUT2D eigenvalue weighted by molar-refractivity contribution is -0.187. The molecule has 1 aromatic rings. The molecule has 1 aromatic heterocycles. The summed E-state index contributed by atoms with van der Waals surface area (Å²) >= 11 is 0. The number of rotatable bonds is 4. The van der Waals surface area contributed by atoms with E-state index in [2.05, 4.69) is 9.72 Å². The normalized spacial score (nSPS) is 20.9. The van der Waals surface area contributed by atoms with Crippen LogP contribution in [0.2, 0.25) is 0 Å². The lowest BCUT2D eigenvalue weighted by Gasteiger charge is -2.18. The molecule has 0 spiro atoms. The molecule has 0 aliphatic carbocycles. The second kappa shape index (κ2) is 7.00. The number of pyridine rings is 1. The number of alkyl halides is 6. The van der Waals surface area contributed by atoms with Crippen molar-refractivity contribution in [3.8, 4) is 5.88 Å². The third-order valence-electron chi connectivity index (χ3n) is 3.67. The summed E-state index contributed by atoms with van der Waals surface area (Å²) < 4.78 is 79.6. The minimum Gasteiger partial charge on any atom is -0.481 e. The van der Waals surface area contributed by atoms with Gasteiger partial charge >= 0.3 is 18.3 Å². The summed E-state index contributed by atoms with van der Waals surface area (Å²) in [6, 6.07) is 3.28. The van der Waals surface area contributed by atoms with E-state index in [0.717, 1.165) is 18.2 Å². The molecule has 1 aliphatic heterocycles. The van der Waals surface area contributed by atoms with E-state index in [-0.39, 0.29) is 0 Å². The van der Waals surface area contributed by atoms with Crippen LogP contribution >= 0.6 is 0 Å². The molecule has 1 N–H and O–H groups in total. The van der Waals surface area contributed by atoms with Gasteiger partial charge in [0, 0.05) is 19.2 Å². The molecular weight excluding hydrogens is 374 g/mol. The van der Waals surface area contributed by atoms with Gasteiger partial charge in [-0.3, -0.25) is 9.59 Å². The van der Waals surface area contributed by atoms with Crippen molar-refractivity contribution in [2.75, 3.05) is 19.7 Å². The van der Waals surface area contributed by atoms with Crippen LogP contribution in [0.5, 0.6) is 5.88 Å². The molecule has 26 heavy (non-hydrogen) atoms. The number of carboxylic acids is 1. The number of nitrogens with zero attached hydrogens (tertiary/aromatic N) is 2. The van der Waals surface area contributed by atoms with E-state index in [1.54, 1.807) is 0 Å². The Labute approximate surface area is 142 Å². The van der Waals surface area contributed by atoms with Crippen LogP contribution in [0.1, 0.15) is 10.5 Å². The van der Waals surface area contributed by atoms with Gasteiger partial charge in [-0.1, -0.05) is 6.07 Å². The predicted molar refractivity (Wildman–Crippen MR) is 72.4 cm³/mol. The highest BCUT2D eigenvalue weighted by Gasteiger charge is 2.53. The standard InChI is InChI=1S/C14H12F6N2O4/c15-13(16,17)6-26-10-3-1-2-9(21-10)11(23)22-4-7(12(24)25)8(5-22)14(18,19)20/h1-3,7-8H,4-6H2,(H,24,25)/t7-,8-/m1/s1. The number of halogens is 6. The lowest BCUT2D eigenvalue weighted by Crippen LogP contribution is -2.34. The van der Waals surface area contributed by atoms with Crippen molar-refractivity contribution >= 4 is 11.9 Å². The van der Waals surface area contributed by atoms with E-state index >= 15 is 0 Å². The number of carbonyl (C=O) groups is 2. The highest BCUT2D eigenvalue weighted by atomic mass is 19.4. The maximum atomic E-state index is 12.9. The van der Waals surface area contributed by atoms with Gasteiger partial charge in [0.2, 0.25) is 5.88 Å². The number of likely N-dealkylation sites (tertiary alicyclic amines) is 1. The number of hydrogen-bond donors (Lipinski definition) is 1. The first-order valence-corrected chi connectivity index (χ1v) is 7.14. The van der Waals surface area contributed by atoms with E-state index in [9.17, 15) is 35.9 Å². The number of carbonyl (C=O) groups excluding carboxylic acids is 1. The van der Waals surface area contributed by atoms with Gasteiger partial charge in [-0.25, -0.2) is 4.98 Å². The molecule has 0 radical (unpaired) electrons. The fourth-order valence-electron chi connectivity index (χ4n) is 2.48. The second-order valence-corrected chi connectivity index (χ2v) is 5.57. The van der Waals surface area contributed by atoms with Crippen LogP contribution in [0, 0.1) is 11.8 Å². The maximum Gasteiger partial charge on any atom is 0.422 e. The third kappa shape index (κ3) is 4.76. The molecule has 2 rings (SSSR count). The van der Waals surface area contributed by atoms with Crippen LogP contribution in [0.3, 0.4) is 0 Å². The Kier molecular flexibility index (Phi) is 5.33. The van der Waals surface area contributed by atoms with Crippen molar-refractivity contribution in [1.82, 2.24) is 9.88 Å². The molecule has 1 aliphatic rings. The molecule has 6 nitrogen and oxygen atoms in total. The first kappa shape index (κ1) is 19.8. The Morgan fingerprint density at radius 1 is 1.19 bits per heavy atom. The van der Waals surface area contributed by atoms with Gasteiger partial charge in [-0.2, -0.15) is 26.3 Å². The molecule has 144 valence electrons. The third-order valence-corrected chi connectivity index (χ3v) is 3.67. The summed E-state index contributed by atoms with van der Waals surface area (Å²) in [4.78, 5) is 27.5. The maximum absolute atomic E-state index is 12.9. The van der Waals surface area contributed by atoms with Gasteiger partial charge < -0.3 is 14.7 Å². The fraction of sp³-hybridized carbons (Fsp3) is 0.500. The predicted octanol–water partition coefficient (Wildman–Crippen LogP) is 2.36. The van der Waals surface area contributed by atoms with E-state index in [1.807, 2.05) is 0 Å². The van der Waals surface area contributed by atoms with Crippen molar-refractivity contribution in [3.63, 3.8) is 0 Å². The molecule has 1 amide bonds. The van der Waals surface area contributed by atoms with Gasteiger partial charge in [0.15, 0.2) is 6.61 Å². The summed E-state index contributed by atoms with van der Waals surface area (Å²) in [5.41, 5.74) is -0.448. The van der Waals surface area contributed by atoms with Crippen LogP contribution in [-0.4, -0.2) is 58.9 Å². The van der Waals surface area contributed by atoms with E-state index in [4.69, 9.17) is 5.11 Å². The summed E-state index contributed by atoms with van der Waals surface area (Å²) in [6.07, 6.45) is -9.45. The van der Waals surface area contributed by atoms with E-state index < -0.39 is 67.3 Å². The number of aromatic nitrogens is 1. The first-order valence-electron chi connectivity index (χ1n) is 7.14. The van der Waals surface area contributed by atoms with Crippen molar-refractivity contribution in [2.45, 2.75) is 12.4 Å². The van der Waals surface area contributed by atoms with Crippen molar-refractivity contribution in [3.05, 3.63) is 23.9 Å². The Hall–Kier alpha value is -2.53. The Balaban J connectivity index is 2.15. The largest absolute Gasteiger partial charge is 0.481 e. The summed E-state index contributed by atoms with van der Waals surface area (Å²) in [5, 5.41) is 8.93. The van der Waals surface area contributed by atoms with Crippen molar-refractivity contribution in [2.24, 2.45) is 11.8 Å². The molecular formula is C14H12F6N2O4. The zero-order valence-electron chi connectivity index (χ0n) is 12.8. The summed E-state index contributed by atoms with van der Waals surface area (Å²) in [7, 11) is 0. The molecule has 0 saturated carbocycles. The SMILES string of the molecule is O=C(O)[C@@H]1CN(C(=O)c2cccc(OCC(F)(F)F)n2)C[C@H]1C(F)(F)F. The monoisotopic (exact) mass is 386 g/mol. The Morgan fingerprint density at radius 3 is 2.35 bits per heavy atom. The second-order valence-electron chi connectivity index (χ2n) is 5.57. The van der Waals surface area contributed by atoms with Crippen LogP contribution < -0.4 is 4.74 Å². The summed E-state index contributed by atoms with van der Waals surface area (Å²) in [6.45, 7) is -3.22. The molecule has 0 bridgehead atoms. The highest BCUT2D eigenvalue weighted by Crippen LogP contribution is 2.38. The van der Waals surface area contributed by atoms with Gasteiger partial charge in [-0.05, 0) is 6.07 Å². The smallest absolute Gasteiger partial charge is 0.422 e. The quantitative estimate of drug-likeness (QED) is 0.804. The lowest BCUT2D eigenvalue weighted by atomic mass is 9.96. The zero-order chi connectivity index (χ0) is 19.7. The van der Waals surface area contributed by atoms with Crippen LogP contribution in [-0.2, 0) is 4.79 Å². The Bertz CT molecular complexity index is 691. The fourth-order valence-corrected chi connectivity index (χ4v) is 2.48. The van der Waals surface area contributed by atoms with Gasteiger partial charge in [0.05, 0.1) is 11.8 Å². The minimum absolute atomic E-state index is 0.448. The van der Waals surface area contributed by atoms with Crippen molar-refractivity contribution < 1.29 is 45.8 Å². The average molecular weight is 386 g/mol. The van der Waals surface area contributed by atoms with E-state index in [0.29, 0.717) is 4.90 Å². The zero-order valence-corrected chi connectivity index (χ0v) is 12.8. The number of carboxylic acid groups (broad SMARTS) is 1. The van der Waals surface area contributed by atoms with Gasteiger partial charge in [0.25, 0.3) is 5.91 Å². The molecule has 2 atom stereocenters. The molecule has 1 saturated heterocycles. The number of amides is 1. The molecule has 1 fully saturated rings. The minimum atomic E-state index is -4.82. The van der Waals surface area contributed by atoms with Gasteiger partial charge in [-0.15, -0.1) is 0 Å².